The van der Waals surface area contributed by atoms with E-state index in [0.717, 1.165) is 57.8 Å². The Labute approximate surface area is 289 Å². The second-order valence-electron chi connectivity index (χ2n) is 12.3. The van der Waals surface area contributed by atoms with Gasteiger partial charge >= 0.3 is 11.9 Å². The SMILES string of the molecule is CCCCC/C=C\C/C=C\C/C=C\C/C=C\CCCC(=O)OC[C@H](O)COC(=O)CCCCCCC/C=C\C/C=C\CCCCCC. The van der Waals surface area contributed by atoms with Crippen molar-refractivity contribution in [2.45, 2.75) is 168 Å². The first-order valence-electron chi connectivity index (χ1n) is 19.0. The fourth-order valence-corrected chi connectivity index (χ4v) is 4.75. The molecule has 0 aromatic carbocycles. The molecule has 0 heterocycles. The standard InChI is InChI=1S/C42H70O5/c1-3-5-7-9-11-13-15-17-19-21-23-25-27-29-31-33-35-37-42(45)47-39-40(43)38-46-41(44)36-34-32-30-28-26-24-22-20-18-16-14-12-10-8-6-4-2/h11,13-14,16-17,19-20,22-23,25,29,31,40,43H,3-10,12,15,18,21,24,26-28,30,32-39H2,1-2H3/b13-11-,16-14-,19-17-,22-20-,25-23-,31-29-/t40-/m1/s1. The van der Waals surface area contributed by atoms with Crippen LogP contribution in [0.25, 0.3) is 0 Å². The molecule has 0 spiro atoms. The molecule has 1 atom stereocenters. The lowest BCUT2D eigenvalue weighted by Crippen LogP contribution is -2.25. The molecule has 1 N–H and O–H groups in total. The van der Waals surface area contributed by atoms with Gasteiger partial charge in [-0.3, -0.25) is 9.59 Å². The van der Waals surface area contributed by atoms with Crippen molar-refractivity contribution in [1.82, 2.24) is 0 Å². The molecular weight excluding hydrogens is 584 g/mol. The van der Waals surface area contributed by atoms with Crippen LogP contribution in [0.15, 0.2) is 72.9 Å². The Kier molecular flexibility index (Phi) is 35.7. The number of aliphatic hydroxyl groups excluding tert-OH is 1. The third kappa shape index (κ3) is 37.7. The van der Waals surface area contributed by atoms with E-state index >= 15 is 0 Å². The van der Waals surface area contributed by atoms with Gasteiger partial charge in [-0.05, 0) is 83.5 Å². The summed E-state index contributed by atoms with van der Waals surface area (Å²) in [5, 5.41) is 9.99. The Bertz CT molecular complexity index is 879. The predicted molar refractivity (Wildman–Crippen MR) is 200 cm³/mol. The number of unbranched alkanes of at least 4 members (excludes halogenated alkanes) is 13. The van der Waals surface area contributed by atoms with Crippen molar-refractivity contribution < 1.29 is 24.2 Å². The molecule has 0 fully saturated rings. The average molecular weight is 655 g/mol. The summed E-state index contributed by atoms with van der Waals surface area (Å²) in [6.45, 7) is 4.18. The number of hydrogen-bond donors (Lipinski definition) is 1. The van der Waals surface area contributed by atoms with Gasteiger partial charge in [0.1, 0.15) is 19.3 Å². The smallest absolute Gasteiger partial charge is 0.305 e. The van der Waals surface area contributed by atoms with Gasteiger partial charge in [0, 0.05) is 12.8 Å². The van der Waals surface area contributed by atoms with E-state index in [-0.39, 0.29) is 25.2 Å². The van der Waals surface area contributed by atoms with Crippen LogP contribution < -0.4 is 0 Å². The van der Waals surface area contributed by atoms with Gasteiger partial charge in [-0.15, -0.1) is 0 Å². The van der Waals surface area contributed by atoms with E-state index in [1.165, 1.54) is 70.6 Å². The highest BCUT2D eigenvalue weighted by Crippen LogP contribution is 2.09. The summed E-state index contributed by atoms with van der Waals surface area (Å²) >= 11 is 0. The third-order valence-corrected chi connectivity index (χ3v) is 7.66. The molecule has 0 rings (SSSR count). The minimum atomic E-state index is -0.995. The monoisotopic (exact) mass is 655 g/mol. The van der Waals surface area contributed by atoms with E-state index in [1.54, 1.807) is 0 Å². The highest BCUT2D eigenvalue weighted by atomic mass is 16.6. The Hall–Kier alpha value is -2.66. The molecule has 5 heteroatoms. The Balaban J connectivity index is 3.59. The van der Waals surface area contributed by atoms with Crippen LogP contribution in [0.3, 0.4) is 0 Å². The highest BCUT2D eigenvalue weighted by molar-refractivity contribution is 5.69. The quantitative estimate of drug-likeness (QED) is 0.0433. The second kappa shape index (κ2) is 37.8. The molecule has 0 aliphatic rings. The van der Waals surface area contributed by atoms with Gasteiger partial charge in [0.25, 0.3) is 0 Å². The number of carbonyl (C=O) groups excluding carboxylic acids is 2. The molecule has 0 radical (unpaired) electrons. The van der Waals surface area contributed by atoms with Crippen molar-refractivity contribution in [2.75, 3.05) is 13.2 Å². The maximum absolute atomic E-state index is 11.9. The fraction of sp³-hybridized carbons (Fsp3) is 0.667. The maximum atomic E-state index is 11.9. The molecule has 0 aromatic heterocycles. The number of ether oxygens (including phenoxy) is 2. The van der Waals surface area contributed by atoms with Crippen molar-refractivity contribution in [3.8, 4) is 0 Å². The molecule has 268 valence electrons. The van der Waals surface area contributed by atoms with Crippen molar-refractivity contribution >= 4 is 11.9 Å². The van der Waals surface area contributed by atoms with Gasteiger partial charge in [-0.2, -0.15) is 0 Å². The zero-order chi connectivity index (χ0) is 34.3. The lowest BCUT2D eigenvalue weighted by molar-refractivity contribution is -0.152. The summed E-state index contributed by atoms with van der Waals surface area (Å²) in [5.41, 5.74) is 0. The van der Waals surface area contributed by atoms with Crippen molar-refractivity contribution in [3.05, 3.63) is 72.9 Å². The molecule has 0 saturated carbocycles. The van der Waals surface area contributed by atoms with Crippen LogP contribution in [-0.2, 0) is 19.1 Å². The zero-order valence-electron chi connectivity index (χ0n) is 30.3. The van der Waals surface area contributed by atoms with E-state index in [4.69, 9.17) is 9.47 Å². The summed E-state index contributed by atoms with van der Waals surface area (Å²) in [6.07, 6.45) is 49.5. The topological polar surface area (TPSA) is 72.8 Å². The van der Waals surface area contributed by atoms with Crippen LogP contribution in [-0.4, -0.2) is 36.4 Å². The van der Waals surface area contributed by atoms with Crippen LogP contribution in [0.5, 0.6) is 0 Å². The first-order valence-corrected chi connectivity index (χ1v) is 19.0. The summed E-state index contributed by atoms with van der Waals surface area (Å²) < 4.78 is 10.3. The average Bonchev–Trinajstić information content (AvgIpc) is 3.07. The van der Waals surface area contributed by atoms with Gasteiger partial charge < -0.3 is 14.6 Å². The van der Waals surface area contributed by atoms with Crippen molar-refractivity contribution in [1.29, 1.82) is 0 Å². The van der Waals surface area contributed by atoms with Gasteiger partial charge in [-0.1, -0.05) is 138 Å². The number of rotatable bonds is 33. The lowest BCUT2D eigenvalue weighted by Gasteiger charge is -2.12. The normalized spacial score (nSPS) is 13.0. The molecular formula is C42H70O5. The summed E-state index contributed by atoms with van der Waals surface area (Å²) in [4.78, 5) is 23.9. The lowest BCUT2D eigenvalue weighted by atomic mass is 10.1. The van der Waals surface area contributed by atoms with Crippen LogP contribution in [0, 0.1) is 0 Å². The largest absolute Gasteiger partial charge is 0.463 e. The van der Waals surface area contributed by atoms with E-state index in [9.17, 15) is 14.7 Å². The molecule has 0 aromatic rings. The summed E-state index contributed by atoms with van der Waals surface area (Å²) in [7, 11) is 0. The number of hydrogen-bond acceptors (Lipinski definition) is 5. The fourth-order valence-electron chi connectivity index (χ4n) is 4.75. The van der Waals surface area contributed by atoms with Crippen LogP contribution in [0.2, 0.25) is 0 Å². The van der Waals surface area contributed by atoms with E-state index in [1.807, 2.05) is 0 Å². The molecule has 0 bridgehead atoms. The number of esters is 2. The number of allylic oxidation sites excluding steroid dienone is 12. The molecule has 47 heavy (non-hydrogen) atoms. The predicted octanol–water partition coefficient (Wildman–Crippen LogP) is 11.8. The van der Waals surface area contributed by atoms with E-state index < -0.39 is 6.10 Å². The molecule has 5 nitrogen and oxygen atoms in total. The molecule has 0 unspecified atom stereocenters. The van der Waals surface area contributed by atoms with E-state index in [0.29, 0.717) is 19.3 Å². The number of aliphatic hydroxyl groups is 1. The van der Waals surface area contributed by atoms with Crippen LogP contribution >= 0.6 is 0 Å². The summed E-state index contributed by atoms with van der Waals surface area (Å²) in [6, 6.07) is 0. The first-order chi connectivity index (χ1) is 23.1. The highest BCUT2D eigenvalue weighted by Gasteiger charge is 2.11. The Morgan fingerprint density at radius 3 is 1.23 bits per heavy atom. The van der Waals surface area contributed by atoms with Gasteiger partial charge in [0.15, 0.2) is 0 Å². The minimum Gasteiger partial charge on any atom is -0.463 e. The van der Waals surface area contributed by atoms with Gasteiger partial charge in [0.2, 0.25) is 0 Å². The third-order valence-electron chi connectivity index (χ3n) is 7.66. The maximum Gasteiger partial charge on any atom is 0.305 e. The Morgan fingerprint density at radius 1 is 0.447 bits per heavy atom. The van der Waals surface area contributed by atoms with Crippen LogP contribution in [0.4, 0.5) is 0 Å². The molecule has 0 amide bonds. The van der Waals surface area contributed by atoms with Gasteiger partial charge in [-0.25, -0.2) is 0 Å². The number of carbonyl (C=O) groups is 2. The molecule has 0 saturated heterocycles. The Morgan fingerprint density at radius 2 is 0.766 bits per heavy atom. The van der Waals surface area contributed by atoms with Gasteiger partial charge in [0.05, 0.1) is 0 Å². The second-order valence-corrected chi connectivity index (χ2v) is 12.3. The first kappa shape index (κ1) is 44.3. The van der Waals surface area contributed by atoms with Crippen LogP contribution in [0.1, 0.15) is 162 Å². The molecule has 0 aliphatic carbocycles. The van der Waals surface area contributed by atoms with E-state index in [2.05, 4.69) is 86.8 Å². The zero-order valence-corrected chi connectivity index (χ0v) is 30.3. The molecule has 0 aliphatic heterocycles. The minimum absolute atomic E-state index is 0.144. The van der Waals surface area contributed by atoms with Crippen molar-refractivity contribution in [2.24, 2.45) is 0 Å². The summed E-state index contributed by atoms with van der Waals surface area (Å²) in [5.74, 6) is -0.650. The van der Waals surface area contributed by atoms with Crippen molar-refractivity contribution in [3.63, 3.8) is 0 Å².